The van der Waals surface area contributed by atoms with Crippen molar-refractivity contribution < 1.29 is 19.1 Å². The van der Waals surface area contributed by atoms with E-state index in [1.165, 1.54) is 18.8 Å². The molecule has 0 amide bonds. The minimum atomic E-state index is -0.915. The topological polar surface area (TPSA) is 125 Å². The van der Waals surface area contributed by atoms with E-state index < -0.39 is 17.9 Å². The monoisotopic (exact) mass is 488 g/mol. The van der Waals surface area contributed by atoms with Crippen LogP contribution in [0.3, 0.4) is 0 Å². The molecule has 0 aromatic carbocycles. The third-order valence-electron chi connectivity index (χ3n) is 8.27. The number of fused-ring (bicyclic) bond motifs is 4. The molecule has 2 aromatic rings. The maximum atomic E-state index is 13.1. The lowest BCUT2D eigenvalue weighted by molar-refractivity contribution is -0.161. The zero-order valence-corrected chi connectivity index (χ0v) is 21.1. The number of rotatable bonds is 9. The van der Waals surface area contributed by atoms with Gasteiger partial charge in [-0.15, -0.1) is 0 Å². The molecule has 1 N–H and O–H groups in total. The summed E-state index contributed by atoms with van der Waals surface area (Å²) in [6.45, 7) is 4.82. The SMILES string of the molecule is CCCn1c(=O)c2[nH]c(C34CCC(CC(C(=O)OC)C(=O)OC)(CC3)CC4)nc2n(CCC)c1=O. The second-order valence-corrected chi connectivity index (χ2v) is 10.3. The van der Waals surface area contributed by atoms with E-state index in [1.54, 1.807) is 4.57 Å². The maximum absolute atomic E-state index is 13.1. The van der Waals surface area contributed by atoms with Crippen molar-refractivity contribution in [3.05, 3.63) is 26.7 Å². The summed E-state index contributed by atoms with van der Waals surface area (Å²) >= 11 is 0. The molecule has 0 atom stereocenters. The van der Waals surface area contributed by atoms with E-state index in [0.717, 1.165) is 50.8 Å². The van der Waals surface area contributed by atoms with Crippen LogP contribution in [-0.2, 0) is 37.6 Å². The average molecular weight is 489 g/mol. The molecule has 0 spiro atoms. The molecular formula is C25H36N4O6. The molecule has 10 nitrogen and oxygen atoms in total. The minimum Gasteiger partial charge on any atom is -0.468 e. The number of methoxy groups -OCH3 is 2. The van der Waals surface area contributed by atoms with Gasteiger partial charge in [0.05, 0.1) is 14.2 Å². The molecule has 2 heterocycles. The molecule has 5 rings (SSSR count). The Kier molecular flexibility index (Phi) is 6.92. The molecule has 10 heteroatoms. The molecule has 35 heavy (non-hydrogen) atoms. The van der Waals surface area contributed by atoms with Crippen LogP contribution in [0.4, 0.5) is 0 Å². The number of carbonyl (C=O) groups is 2. The van der Waals surface area contributed by atoms with Crippen LogP contribution in [0.25, 0.3) is 11.2 Å². The molecule has 3 fully saturated rings. The van der Waals surface area contributed by atoms with Crippen LogP contribution in [0.2, 0.25) is 0 Å². The highest BCUT2D eigenvalue weighted by atomic mass is 16.5. The van der Waals surface area contributed by atoms with Crippen molar-refractivity contribution in [2.75, 3.05) is 14.2 Å². The molecule has 0 aliphatic heterocycles. The van der Waals surface area contributed by atoms with Gasteiger partial charge in [0.25, 0.3) is 5.56 Å². The Morgan fingerprint density at radius 3 is 2.00 bits per heavy atom. The summed E-state index contributed by atoms with van der Waals surface area (Å²) in [5, 5.41) is 0. The predicted octanol–water partition coefficient (Wildman–Crippen LogP) is 2.65. The smallest absolute Gasteiger partial charge is 0.332 e. The number of esters is 2. The van der Waals surface area contributed by atoms with Gasteiger partial charge < -0.3 is 14.5 Å². The first-order valence-electron chi connectivity index (χ1n) is 12.6. The fraction of sp³-hybridized carbons (Fsp3) is 0.720. The second-order valence-electron chi connectivity index (χ2n) is 10.3. The van der Waals surface area contributed by atoms with Gasteiger partial charge >= 0.3 is 17.6 Å². The van der Waals surface area contributed by atoms with Crippen molar-refractivity contribution in [2.24, 2.45) is 11.3 Å². The van der Waals surface area contributed by atoms with Gasteiger partial charge in [-0.25, -0.2) is 9.78 Å². The molecule has 192 valence electrons. The van der Waals surface area contributed by atoms with E-state index in [2.05, 4.69) is 4.98 Å². The van der Waals surface area contributed by atoms with Gasteiger partial charge in [-0.2, -0.15) is 0 Å². The molecule has 3 aliphatic carbocycles. The quantitative estimate of drug-likeness (QED) is 0.425. The number of nitrogens with one attached hydrogen (secondary N) is 1. The van der Waals surface area contributed by atoms with Crippen molar-refractivity contribution in [3.8, 4) is 0 Å². The van der Waals surface area contributed by atoms with E-state index in [1.807, 2.05) is 13.8 Å². The number of aromatic amines is 1. The summed E-state index contributed by atoms with van der Waals surface area (Å²) in [6, 6.07) is 0. The highest BCUT2D eigenvalue weighted by Crippen LogP contribution is 2.59. The normalized spacial score (nSPS) is 23.7. The number of ether oxygens (including phenoxy) is 2. The van der Waals surface area contributed by atoms with E-state index in [-0.39, 0.29) is 22.1 Å². The molecule has 3 saturated carbocycles. The van der Waals surface area contributed by atoms with Crippen molar-refractivity contribution in [3.63, 3.8) is 0 Å². The summed E-state index contributed by atoms with van der Waals surface area (Å²) in [4.78, 5) is 58.9. The number of H-pyrrole nitrogens is 1. The standard InChI is InChI=1S/C25H36N4O6/c1-5-13-28-18-17(19(30)29(14-6-2)23(28)33)26-22(27-18)25-10-7-24(8-11-25,9-12-25)15-16(20(31)34-3)21(32)35-4/h16H,5-15H2,1-4H3,(H,26,27). The van der Waals surface area contributed by atoms with E-state index >= 15 is 0 Å². The Morgan fingerprint density at radius 1 is 0.943 bits per heavy atom. The Bertz CT molecular complexity index is 1200. The van der Waals surface area contributed by atoms with Crippen molar-refractivity contribution in [2.45, 2.75) is 90.1 Å². The first-order valence-corrected chi connectivity index (χ1v) is 12.6. The van der Waals surface area contributed by atoms with Crippen molar-refractivity contribution in [1.82, 2.24) is 19.1 Å². The summed E-state index contributed by atoms with van der Waals surface area (Å²) in [5.41, 5.74) is -0.104. The zero-order valence-electron chi connectivity index (χ0n) is 21.1. The summed E-state index contributed by atoms with van der Waals surface area (Å²) in [6.07, 6.45) is 6.91. The minimum absolute atomic E-state index is 0.126. The average Bonchev–Trinajstić information content (AvgIpc) is 3.34. The number of hydrogen-bond donors (Lipinski definition) is 1. The number of carbonyl (C=O) groups excluding carboxylic acids is 2. The van der Waals surface area contributed by atoms with Gasteiger partial charge in [-0.3, -0.25) is 23.5 Å². The van der Waals surface area contributed by atoms with Gasteiger partial charge in [0.15, 0.2) is 11.6 Å². The van der Waals surface area contributed by atoms with Crippen molar-refractivity contribution in [1.29, 1.82) is 0 Å². The van der Waals surface area contributed by atoms with Crippen LogP contribution in [0.1, 0.15) is 77.5 Å². The fourth-order valence-electron chi connectivity index (χ4n) is 6.17. The lowest BCUT2D eigenvalue weighted by atomic mass is 9.51. The third kappa shape index (κ3) is 4.21. The van der Waals surface area contributed by atoms with Crippen LogP contribution in [-0.4, -0.2) is 45.3 Å². The van der Waals surface area contributed by atoms with Gasteiger partial charge in [0.1, 0.15) is 11.3 Å². The lowest BCUT2D eigenvalue weighted by Gasteiger charge is -2.53. The number of nitrogens with zero attached hydrogens (tertiary/aromatic N) is 3. The maximum Gasteiger partial charge on any atom is 0.332 e. The first kappa shape index (κ1) is 25.2. The lowest BCUT2D eigenvalue weighted by Crippen LogP contribution is -2.47. The highest BCUT2D eigenvalue weighted by Gasteiger charge is 2.53. The predicted molar refractivity (Wildman–Crippen MR) is 129 cm³/mol. The number of imidazole rings is 1. The van der Waals surface area contributed by atoms with Gasteiger partial charge in [-0.05, 0) is 63.2 Å². The van der Waals surface area contributed by atoms with Crippen LogP contribution in [0.5, 0.6) is 0 Å². The van der Waals surface area contributed by atoms with Crippen LogP contribution in [0, 0.1) is 11.3 Å². The van der Waals surface area contributed by atoms with Gasteiger partial charge in [-0.1, -0.05) is 13.8 Å². The van der Waals surface area contributed by atoms with Crippen molar-refractivity contribution >= 4 is 23.1 Å². The molecule has 3 aliphatic rings. The first-order chi connectivity index (χ1) is 16.7. The Hall–Kier alpha value is -2.91. The Morgan fingerprint density at radius 2 is 1.49 bits per heavy atom. The molecule has 2 aromatic heterocycles. The van der Waals surface area contributed by atoms with E-state index in [4.69, 9.17) is 14.5 Å². The Balaban J connectivity index is 1.66. The largest absolute Gasteiger partial charge is 0.468 e. The van der Waals surface area contributed by atoms with E-state index in [9.17, 15) is 19.2 Å². The van der Waals surface area contributed by atoms with Crippen LogP contribution < -0.4 is 11.2 Å². The fourth-order valence-corrected chi connectivity index (χ4v) is 6.17. The Labute approximate surface area is 204 Å². The van der Waals surface area contributed by atoms with Crippen LogP contribution >= 0.6 is 0 Å². The molecule has 0 saturated heterocycles. The molecular weight excluding hydrogens is 452 g/mol. The number of aryl methyl sites for hydroxylation is 1. The summed E-state index contributed by atoms with van der Waals surface area (Å²) in [7, 11) is 2.58. The molecule has 0 radical (unpaired) electrons. The van der Waals surface area contributed by atoms with Gasteiger partial charge in [0.2, 0.25) is 0 Å². The van der Waals surface area contributed by atoms with Crippen LogP contribution in [0.15, 0.2) is 9.59 Å². The summed E-state index contributed by atoms with van der Waals surface area (Å²) in [5.74, 6) is -1.25. The molecule has 0 unspecified atom stereocenters. The number of hydrogen-bond acceptors (Lipinski definition) is 7. The van der Waals surface area contributed by atoms with E-state index in [0.29, 0.717) is 37.1 Å². The summed E-state index contributed by atoms with van der Waals surface area (Å²) < 4.78 is 12.7. The number of aromatic nitrogens is 4. The molecule has 2 bridgehead atoms. The highest BCUT2D eigenvalue weighted by molar-refractivity contribution is 5.94. The second kappa shape index (κ2) is 9.62. The third-order valence-corrected chi connectivity index (χ3v) is 8.27. The van der Waals surface area contributed by atoms with Gasteiger partial charge in [0, 0.05) is 18.5 Å². The zero-order chi connectivity index (χ0) is 25.4.